The van der Waals surface area contributed by atoms with E-state index in [9.17, 15) is 0 Å². The maximum absolute atomic E-state index is 4.01. The highest BCUT2D eigenvalue weighted by Crippen LogP contribution is 2.30. The van der Waals surface area contributed by atoms with Crippen LogP contribution in [-0.4, -0.2) is 0 Å². The van der Waals surface area contributed by atoms with E-state index in [4.69, 9.17) is 0 Å². The fourth-order valence-electron chi connectivity index (χ4n) is 2.24. The van der Waals surface area contributed by atoms with Crippen LogP contribution < -0.4 is 0 Å². The van der Waals surface area contributed by atoms with Gasteiger partial charge in [-0.05, 0) is 37.7 Å². The first kappa shape index (κ1) is 12.3. The smallest absolute Gasteiger partial charge is 0.0165 e. The highest BCUT2D eigenvalue weighted by molar-refractivity contribution is 5.27. The van der Waals surface area contributed by atoms with Crippen LogP contribution in [0.15, 0.2) is 36.0 Å². The van der Waals surface area contributed by atoms with Crippen molar-refractivity contribution in [1.29, 1.82) is 0 Å². The minimum Gasteiger partial charge on any atom is -0.0958 e. The Kier molecular flexibility index (Phi) is 5.45. The number of hydrogen-bond donors (Lipinski definition) is 0. The Balaban J connectivity index is 2.55. The van der Waals surface area contributed by atoms with Crippen molar-refractivity contribution in [1.82, 2.24) is 0 Å². The third-order valence-corrected chi connectivity index (χ3v) is 3.38. The molecule has 0 nitrogen and oxygen atoms in total. The lowest BCUT2D eigenvalue weighted by Crippen LogP contribution is -2.07. The van der Waals surface area contributed by atoms with Crippen molar-refractivity contribution in [3.05, 3.63) is 36.0 Å². The fourth-order valence-corrected chi connectivity index (χ4v) is 2.24. The third kappa shape index (κ3) is 4.07. The highest BCUT2D eigenvalue weighted by Gasteiger charge is 2.15. The Hall–Kier alpha value is -0.780. The van der Waals surface area contributed by atoms with Crippen molar-refractivity contribution in [3.8, 4) is 0 Å². The molecular formula is C15H24. The Morgan fingerprint density at radius 1 is 1.20 bits per heavy atom. The molecule has 1 fully saturated rings. The molecule has 0 aromatic rings. The summed E-state index contributed by atoms with van der Waals surface area (Å²) in [6.07, 6.45) is 14.8. The van der Waals surface area contributed by atoms with Gasteiger partial charge < -0.3 is 0 Å². The van der Waals surface area contributed by atoms with Crippen molar-refractivity contribution >= 4 is 0 Å². The normalized spacial score (nSPS) is 19.7. The van der Waals surface area contributed by atoms with Crippen LogP contribution in [0.3, 0.4) is 0 Å². The molecule has 0 atom stereocenters. The van der Waals surface area contributed by atoms with E-state index in [1.54, 1.807) is 0 Å². The fraction of sp³-hybridized carbons (Fsp3) is 0.600. The second kappa shape index (κ2) is 6.66. The molecule has 0 heteroatoms. The molecule has 84 valence electrons. The molecule has 0 saturated heterocycles. The third-order valence-electron chi connectivity index (χ3n) is 3.38. The van der Waals surface area contributed by atoms with Gasteiger partial charge in [-0.1, -0.05) is 56.6 Å². The van der Waals surface area contributed by atoms with Gasteiger partial charge in [-0.2, -0.15) is 0 Å². The Morgan fingerprint density at radius 3 is 2.40 bits per heavy atom. The van der Waals surface area contributed by atoms with Crippen LogP contribution in [-0.2, 0) is 0 Å². The van der Waals surface area contributed by atoms with Crippen molar-refractivity contribution in [3.63, 3.8) is 0 Å². The van der Waals surface area contributed by atoms with E-state index in [1.807, 2.05) is 0 Å². The van der Waals surface area contributed by atoms with Gasteiger partial charge in [-0.25, -0.2) is 0 Å². The summed E-state index contributed by atoms with van der Waals surface area (Å²) >= 11 is 0. The predicted octanol–water partition coefficient (Wildman–Crippen LogP) is 5.04. The Bertz CT molecular complexity index is 249. The summed E-state index contributed by atoms with van der Waals surface area (Å²) in [5, 5.41) is 0. The summed E-state index contributed by atoms with van der Waals surface area (Å²) in [6.45, 7) is 8.32. The van der Waals surface area contributed by atoms with Gasteiger partial charge in [-0.15, -0.1) is 0 Å². The molecule has 1 saturated carbocycles. The lowest BCUT2D eigenvalue weighted by Gasteiger charge is -2.22. The van der Waals surface area contributed by atoms with E-state index < -0.39 is 0 Å². The molecule has 15 heavy (non-hydrogen) atoms. The Labute approximate surface area is 94.8 Å². The molecule has 0 bridgehead atoms. The van der Waals surface area contributed by atoms with Crippen LogP contribution in [0.25, 0.3) is 0 Å². The predicted molar refractivity (Wildman–Crippen MR) is 68.9 cm³/mol. The van der Waals surface area contributed by atoms with Crippen LogP contribution in [0.2, 0.25) is 0 Å². The van der Waals surface area contributed by atoms with Crippen molar-refractivity contribution < 1.29 is 0 Å². The van der Waals surface area contributed by atoms with E-state index in [0.717, 1.165) is 12.3 Å². The molecule has 0 heterocycles. The molecule has 0 aromatic carbocycles. The zero-order chi connectivity index (χ0) is 11.1. The van der Waals surface area contributed by atoms with Gasteiger partial charge in [0, 0.05) is 0 Å². The lowest BCUT2D eigenvalue weighted by molar-refractivity contribution is 0.408. The van der Waals surface area contributed by atoms with Gasteiger partial charge in [0.25, 0.3) is 0 Å². The molecule has 1 aliphatic rings. The maximum Gasteiger partial charge on any atom is -0.0165 e. The highest BCUT2D eigenvalue weighted by atomic mass is 14.2. The van der Waals surface area contributed by atoms with Crippen molar-refractivity contribution in [2.24, 2.45) is 5.92 Å². The van der Waals surface area contributed by atoms with Crippen LogP contribution in [0.1, 0.15) is 52.4 Å². The first-order chi connectivity index (χ1) is 7.27. The molecule has 0 aliphatic heterocycles. The van der Waals surface area contributed by atoms with Crippen LogP contribution in [0, 0.1) is 5.92 Å². The molecule has 0 unspecified atom stereocenters. The van der Waals surface area contributed by atoms with Gasteiger partial charge in [0.2, 0.25) is 0 Å². The lowest BCUT2D eigenvalue weighted by atomic mass is 9.83. The molecular weight excluding hydrogens is 180 g/mol. The van der Waals surface area contributed by atoms with Crippen LogP contribution >= 0.6 is 0 Å². The van der Waals surface area contributed by atoms with E-state index in [1.165, 1.54) is 43.3 Å². The first-order valence-corrected chi connectivity index (χ1v) is 6.30. The minimum atomic E-state index is 0.810. The molecule has 0 N–H and O–H groups in total. The van der Waals surface area contributed by atoms with Crippen LogP contribution in [0.5, 0.6) is 0 Å². The largest absolute Gasteiger partial charge is 0.0958 e. The van der Waals surface area contributed by atoms with Crippen molar-refractivity contribution in [2.75, 3.05) is 0 Å². The van der Waals surface area contributed by atoms with Gasteiger partial charge in [-0.3, -0.25) is 0 Å². The van der Waals surface area contributed by atoms with E-state index in [-0.39, 0.29) is 0 Å². The summed E-state index contributed by atoms with van der Waals surface area (Å²) in [5.41, 5.74) is 2.74. The molecule has 0 radical (unpaired) electrons. The second-order valence-corrected chi connectivity index (χ2v) is 4.47. The standard InChI is InChI=1S/C15H24/c1-4-13(3)11-12-14(5-2)15-9-7-6-8-10-15/h5,11-12,15H,3-4,6-10H2,1-2H3/b12-11-,14-5+. The summed E-state index contributed by atoms with van der Waals surface area (Å²) in [5.74, 6) is 0.810. The monoisotopic (exact) mass is 204 g/mol. The van der Waals surface area contributed by atoms with E-state index >= 15 is 0 Å². The topological polar surface area (TPSA) is 0 Å². The average Bonchev–Trinajstić information content (AvgIpc) is 2.31. The zero-order valence-electron chi connectivity index (χ0n) is 10.3. The molecule has 1 rings (SSSR count). The number of rotatable bonds is 4. The Morgan fingerprint density at radius 2 is 1.87 bits per heavy atom. The molecule has 0 spiro atoms. The quantitative estimate of drug-likeness (QED) is 0.563. The zero-order valence-corrected chi connectivity index (χ0v) is 10.3. The maximum atomic E-state index is 4.01. The SMILES string of the molecule is C=C(/C=C\C(=C/C)C1CCCCC1)CC. The summed E-state index contributed by atoms with van der Waals surface area (Å²) < 4.78 is 0. The van der Waals surface area contributed by atoms with Gasteiger partial charge >= 0.3 is 0 Å². The first-order valence-electron chi connectivity index (χ1n) is 6.30. The second-order valence-electron chi connectivity index (χ2n) is 4.47. The molecule has 1 aliphatic carbocycles. The minimum absolute atomic E-state index is 0.810. The van der Waals surface area contributed by atoms with E-state index in [0.29, 0.717) is 0 Å². The summed E-state index contributed by atoms with van der Waals surface area (Å²) in [6, 6.07) is 0. The molecule has 0 aromatic heterocycles. The van der Waals surface area contributed by atoms with E-state index in [2.05, 4.69) is 38.7 Å². The summed E-state index contributed by atoms with van der Waals surface area (Å²) in [7, 11) is 0. The van der Waals surface area contributed by atoms with Gasteiger partial charge in [0.15, 0.2) is 0 Å². The van der Waals surface area contributed by atoms with Crippen LogP contribution in [0.4, 0.5) is 0 Å². The molecule has 0 amide bonds. The number of allylic oxidation sites excluding steroid dienone is 5. The average molecular weight is 204 g/mol. The summed E-state index contributed by atoms with van der Waals surface area (Å²) in [4.78, 5) is 0. The van der Waals surface area contributed by atoms with Gasteiger partial charge in [0.1, 0.15) is 0 Å². The van der Waals surface area contributed by atoms with Crippen molar-refractivity contribution in [2.45, 2.75) is 52.4 Å². The number of hydrogen-bond acceptors (Lipinski definition) is 0. The van der Waals surface area contributed by atoms with Gasteiger partial charge in [0.05, 0.1) is 0 Å².